The predicted octanol–water partition coefficient (Wildman–Crippen LogP) is 2.56. The molecule has 0 spiro atoms. The van der Waals surface area contributed by atoms with Crippen LogP contribution in [-0.4, -0.2) is 16.4 Å². The van der Waals surface area contributed by atoms with Gasteiger partial charge >= 0.3 is 0 Å². The van der Waals surface area contributed by atoms with Crippen LogP contribution in [0, 0.1) is 5.51 Å². The summed E-state index contributed by atoms with van der Waals surface area (Å²) in [6, 6.07) is 2.21. The third-order valence-electron chi connectivity index (χ3n) is 2.69. The zero-order valence-corrected chi connectivity index (χ0v) is 9.90. The molecule has 2 nitrogen and oxygen atoms in total. The summed E-state index contributed by atoms with van der Waals surface area (Å²) in [4.78, 5) is 8.14. The molecule has 0 atom stereocenters. The molecule has 2 aromatic heterocycles. The number of fused-ring (bicyclic) bond motifs is 1. The van der Waals surface area contributed by atoms with Crippen molar-refractivity contribution in [1.82, 2.24) is 9.88 Å². The smallest absolute Gasteiger partial charge is 0.152 e. The fraction of sp³-hybridized carbons (Fsp3) is 0.364. The zero-order valence-electron chi connectivity index (χ0n) is 8.27. The van der Waals surface area contributed by atoms with Gasteiger partial charge in [-0.25, -0.2) is 4.98 Å². The van der Waals surface area contributed by atoms with Crippen LogP contribution in [0.25, 0.3) is 0 Å². The van der Waals surface area contributed by atoms with Crippen LogP contribution in [0.4, 0.5) is 0 Å². The van der Waals surface area contributed by atoms with Crippen LogP contribution < -0.4 is 0 Å². The lowest BCUT2D eigenvalue weighted by atomic mass is 10.1. The van der Waals surface area contributed by atoms with Crippen molar-refractivity contribution in [3.8, 4) is 0 Å². The first-order chi connectivity index (χ1) is 7.42. The molecule has 3 rings (SSSR count). The third-order valence-corrected chi connectivity index (χ3v) is 4.22. The van der Waals surface area contributed by atoms with Gasteiger partial charge < -0.3 is 0 Å². The van der Waals surface area contributed by atoms with Crippen molar-refractivity contribution in [3.05, 3.63) is 38.5 Å². The Hall–Kier alpha value is -0.710. The second-order valence-corrected chi connectivity index (χ2v) is 5.43. The second-order valence-electron chi connectivity index (χ2n) is 3.77. The van der Waals surface area contributed by atoms with Gasteiger partial charge in [0, 0.05) is 30.9 Å². The van der Waals surface area contributed by atoms with Gasteiger partial charge in [0.2, 0.25) is 0 Å². The Morgan fingerprint density at radius 2 is 2.53 bits per heavy atom. The number of hydrogen-bond acceptors (Lipinski definition) is 4. The number of aromatic nitrogens is 1. The van der Waals surface area contributed by atoms with Crippen LogP contribution in [0.2, 0.25) is 0 Å². The molecule has 4 heteroatoms. The molecule has 0 saturated heterocycles. The number of thiophene rings is 1. The number of rotatable bonds is 2. The first kappa shape index (κ1) is 9.51. The molecule has 1 radical (unpaired) electrons. The lowest BCUT2D eigenvalue weighted by Gasteiger charge is -2.25. The van der Waals surface area contributed by atoms with E-state index in [-0.39, 0.29) is 0 Å². The number of thiazole rings is 1. The van der Waals surface area contributed by atoms with Gasteiger partial charge in [-0.15, -0.1) is 11.3 Å². The van der Waals surface area contributed by atoms with Crippen LogP contribution in [0.1, 0.15) is 16.1 Å². The molecule has 0 unspecified atom stereocenters. The maximum Gasteiger partial charge on any atom is 0.152 e. The normalized spacial score (nSPS) is 16.5. The highest BCUT2D eigenvalue weighted by Gasteiger charge is 2.18. The maximum atomic E-state index is 4.26. The van der Waals surface area contributed by atoms with Crippen molar-refractivity contribution >= 4 is 22.7 Å². The Bertz CT molecular complexity index is 433. The van der Waals surface area contributed by atoms with Crippen LogP contribution in [-0.2, 0) is 19.5 Å². The van der Waals surface area contributed by atoms with Gasteiger partial charge in [0.1, 0.15) is 0 Å². The average molecular weight is 235 g/mol. The van der Waals surface area contributed by atoms with E-state index in [1.807, 2.05) is 0 Å². The fourth-order valence-electron chi connectivity index (χ4n) is 1.90. The average Bonchev–Trinajstić information content (AvgIpc) is 2.87. The lowest BCUT2D eigenvalue weighted by Crippen LogP contribution is -2.29. The van der Waals surface area contributed by atoms with E-state index in [1.165, 1.54) is 16.1 Å². The van der Waals surface area contributed by atoms with E-state index in [2.05, 4.69) is 32.2 Å². The molecule has 1 aliphatic heterocycles. The minimum absolute atomic E-state index is 1.05. The highest BCUT2D eigenvalue weighted by atomic mass is 32.1. The van der Waals surface area contributed by atoms with Crippen LogP contribution in [0.15, 0.2) is 16.8 Å². The number of nitrogens with zero attached hydrogens (tertiary/aromatic N) is 2. The Morgan fingerprint density at radius 3 is 3.40 bits per heavy atom. The first-order valence-electron chi connectivity index (χ1n) is 5.00. The monoisotopic (exact) mass is 235 g/mol. The SMILES string of the molecule is [c]1nc2c(s1)CN(Cc1ccsc1)CC2. The first-order valence-corrected chi connectivity index (χ1v) is 6.76. The maximum absolute atomic E-state index is 4.26. The van der Waals surface area contributed by atoms with Crippen molar-refractivity contribution in [2.75, 3.05) is 6.54 Å². The molecule has 0 bridgehead atoms. The summed E-state index contributed by atoms with van der Waals surface area (Å²) >= 11 is 3.44. The van der Waals surface area contributed by atoms with Gasteiger partial charge in [-0.3, -0.25) is 4.90 Å². The van der Waals surface area contributed by atoms with Gasteiger partial charge in [0.05, 0.1) is 5.69 Å². The molecule has 15 heavy (non-hydrogen) atoms. The summed E-state index contributed by atoms with van der Waals surface area (Å²) in [5.41, 5.74) is 5.68. The third kappa shape index (κ3) is 1.97. The van der Waals surface area contributed by atoms with Crippen LogP contribution >= 0.6 is 22.7 Å². The van der Waals surface area contributed by atoms with Crippen molar-refractivity contribution in [2.45, 2.75) is 19.5 Å². The molecule has 0 fully saturated rings. The summed E-state index contributed by atoms with van der Waals surface area (Å²) in [5, 5.41) is 4.37. The summed E-state index contributed by atoms with van der Waals surface area (Å²) in [6.45, 7) is 3.24. The molecule has 1 aliphatic rings. The van der Waals surface area contributed by atoms with Crippen molar-refractivity contribution in [3.63, 3.8) is 0 Å². The minimum atomic E-state index is 1.05. The largest absolute Gasteiger partial charge is 0.294 e. The van der Waals surface area contributed by atoms with Crippen LogP contribution in [0.5, 0.6) is 0 Å². The zero-order chi connectivity index (χ0) is 10.1. The van der Waals surface area contributed by atoms with Crippen molar-refractivity contribution in [1.29, 1.82) is 0 Å². The van der Waals surface area contributed by atoms with E-state index in [0.29, 0.717) is 0 Å². The lowest BCUT2D eigenvalue weighted by molar-refractivity contribution is 0.247. The highest BCUT2D eigenvalue weighted by Crippen LogP contribution is 2.22. The molecule has 0 N–H and O–H groups in total. The van der Waals surface area contributed by atoms with Crippen LogP contribution in [0.3, 0.4) is 0 Å². The molecule has 0 aromatic carbocycles. The van der Waals surface area contributed by atoms with Gasteiger partial charge in [-0.05, 0) is 22.4 Å². The van der Waals surface area contributed by atoms with Gasteiger partial charge in [0.25, 0.3) is 0 Å². The Labute approximate surface area is 97.2 Å². The molecule has 0 aliphatic carbocycles. The van der Waals surface area contributed by atoms with Gasteiger partial charge in [0.15, 0.2) is 5.51 Å². The molecule has 2 aromatic rings. The van der Waals surface area contributed by atoms with E-state index in [1.54, 1.807) is 22.7 Å². The summed E-state index contributed by atoms with van der Waals surface area (Å²) in [6.07, 6.45) is 1.08. The van der Waals surface area contributed by atoms with E-state index < -0.39 is 0 Å². The van der Waals surface area contributed by atoms with Crippen molar-refractivity contribution in [2.24, 2.45) is 0 Å². The Balaban J connectivity index is 1.71. The van der Waals surface area contributed by atoms with Crippen molar-refractivity contribution < 1.29 is 0 Å². The summed E-state index contributed by atoms with van der Waals surface area (Å²) < 4.78 is 0. The molecular formula is C11H11N2S2. The molecule has 0 saturated carbocycles. The summed E-state index contributed by atoms with van der Waals surface area (Å²) in [5.74, 6) is 0. The Morgan fingerprint density at radius 1 is 1.53 bits per heavy atom. The van der Waals surface area contributed by atoms with E-state index >= 15 is 0 Å². The molecule has 77 valence electrons. The molecule has 3 heterocycles. The highest BCUT2D eigenvalue weighted by molar-refractivity contribution is 7.09. The van der Waals surface area contributed by atoms with Gasteiger partial charge in [-0.2, -0.15) is 11.3 Å². The summed E-state index contributed by atoms with van der Waals surface area (Å²) in [7, 11) is 0. The quantitative estimate of drug-likeness (QED) is 0.795. The van der Waals surface area contributed by atoms with Gasteiger partial charge in [-0.1, -0.05) is 0 Å². The fourth-order valence-corrected chi connectivity index (χ4v) is 3.33. The standard InChI is InChI=1S/C11H11N2S2/c1-3-13(5-9-2-4-14-7-9)6-11-10(1)12-8-15-11/h2,4,7H,1,3,5-6H2. The minimum Gasteiger partial charge on any atom is -0.294 e. The molecular weight excluding hydrogens is 224 g/mol. The topological polar surface area (TPSA) is 16.1 Å². The Kier molecular flexibility index (Phi) is 2.56. The van der Waals surface area contributed by atoms with E-state index in [4.69, 9.17) is 0 Å². The van der Waals surface area contributed by atoms with E-state index in [0.717, 1.165) is 26.1 Å². The second kappa shape index (κ2) is 4.04. The molecule has 0 amide bonds. The number of hydrogen-bond donors (Lipinski definition) is 0. The predicted molar refractivity (Wildman–Crippen MR) is 63.1 cm³/mol. The van der Waals surface area contributed by atoms with E-state index in [9.17, 15) is 0 Å².